The highest BCUT2D eigenvalue weighted by Crippen LogP contribution is 2.30. The van der Waals surface area contributed by atoms with Crippen LogP contribution in [0.15, 0.2) is 0 Å². The lowest BCUT2D eigenvalue weighted by molar-refractivity contribution is -0.115. The number of rotatable bonds is 3. The summed E-state index contributed by atoms with van der Waals surface area (Å²) >= 11 is 0.820. The molecule has 1 saturated heterocycles. The van der Waals surface area contributed by atoms with Gasteiger partial charge >= 0.3 is 0 Å². The van der Waals surface area contributed by atoms with Crippen molar-refractivity contribution in [2.45, 2.75) is 19.3 Å². The van der Waals surface area contributed by atoms with Gasteiger partial charge in [-0.15, -0.1) is 0 Å². The second kappa shape index (κ2) is 3.88. The first-order chi connectivity index (χ1) is 5.24. The van der Waals surface area contributed by atoms with Gasteiger partial charge in [-0.3, -0.25) is 9.59 Å². The van der Waals surface area contributed by atoms with Crippen LogP contribution in [0.5, 0.6) is 0 Å². The Morgan fingerprint density at radius 3 is 2.73 bits per heavy atom. The van der Waals surface area contributed by atoms with Crippen LogP contribution >= 0.6 is 11.8 Å². The number of carbonyl (C=O) groups is 2. The maximum Gasteiger partial charge on any atom is 0.199 e. The molecule has 62 valence electrons. The van der Waals surface area contributed by atoms with Crippen molar-refractivity contribution in [3.63, 3.8) is 0 Å². The molecule has 0 aromatic rings. The Bertz CT molecular complexity index is 179. The number of hydrogen-bond acceptors (Lipinski definition) is 4. The zero-order valence-corrected chi connectivity index (χ0v) is 6.89. The Morgan fingerprint density at radius 2 is 2.27 bits per heavy atom. The van der Waals surface area contributed by atoms with E-state index in [2.05, 4.69) is 0 Å². The Kier molecular flexibility index (Phi) is 3.08. The fourth-order valence-corrected chi connectivity index (χ4v) is 1.96. The van der Waals surface area contributed by atoms with E-state index in [9.17, 15) is 9.59 Å². The summed E-state index contributed by atoms with van der Waals surface area (Å²) in [4.78, 5) is 21.7. The SMILES string of the molecule is O=C1CC(CCCO)C(=O)S1. The van der Waals surface area contributed by atoms with Crippen molar-refractivity contribution in [1.29, 1.82) is 0 Å². The van der Waals surface area contributed by atoms with Crippen LogP contribution in [0.4, 0.5) is 0 Å². The Labute approximate surface area is 69.2 Å². The average molecular weight is 174 g/mol. The van der Waals surface area contributed by atoms with E-state index in [1.54, 1.807) is 0 Å². The fourth-order valence-electron chi connectivity index (χ4n) is 1.08. The van der Waals surface area contributed by atoms with E-state index in [1.807, 2.05) is 0 Å². The number of thioether (sulfide) groups is 1. The predicted molar refractivity (Wildman–Crippen MR) is 42.0 cm³/mol. The van der Waals surface area contributed by atoms with Crippen LogP contribution in [0.1, 0.15) is 19.3 Å². The number of carbonyl (C=O) groups excluding carboxylic acids is 2. The van der Waals surface area contributed by atoms with Gasteiger partial charge in [0.1, 0.15) is 0 Å². The van der Waals surface area contributed by atoms with Crippen molar-refractivity contribution >= 4 is 22.0 Å². The Hall–Kier alpha value is -0.350. The zero-order chi connectivity index (χ0) is 8.27. The molecule has 0 amide bonds. The molecule has 1 unspecified atom stereocenters. The van der Waals surface area contributed by atoms with Crippen molar-refractivity contribution in [3.8, 4) is 0 Å². The summed E-state index contributed by atoms with van der Waals surface area (Å²) in [6.45, 7) is 0.0998. The molecule has 1 aliphatic heterocycles. The van der Waals surface area contributed by atoms with Crippen LogP contribution in [0.25, 0.3) is 0 Å². The van der Waals surface area contributed by atoms with Crippen LogP contribution in [-0.4, -0.2) is 21.9 Å². The first-order valence-corrected chi connectivity index (χ1v) is 4.41. The predicted octanol–water partition coefficient (Wildman–Crippen LogP) is 0.565. The first-order valence-electron chi connectivity index (χ1n) is 3.59. The Balaban J connectivity index is 2.34. The van der Waals surface area contributed by atoms with E-state index in [4.69, 9.17) is 5.11 Å². The standard InChI is InChI=1S/C7H10O3S/c8-3-1-2-5-4-6(9)11-7(5)10/h5,8H,1-4H2. The van der Waals surface area contributed by atoms with E-state index >= 15 is 0 Å². The van der Waals surface area contributed by atoms with Gasteiger partial charge in [-0.05, 0) is 24.6 Å². The van der Waals surface area contributed by atoms with Gasteiger partial charge in [0.2, 0.25) is 0 Å². The molecule has 0 aromatic carbocycles. The molecule has 1 atom stereocenters. The van der Waals surface area contributed by atoms with Crippen LogP contribution in [0.2, 0.25) is 0 Å². The molecule has 1 fully saturated rings. The molecule has 0 spiro atoms. The largest absolute Gasteiger partial charge is 0.396 e. The van der Waals surface area contributed by atoms with Gasteiger partial charge in [-0.1, -0.05) is 0 Å². The maximum atomic E-state index is 11.0. The van der Waals surface area contributed by atoms with Gasteiger partial charge in [0.15, 0.2) is 10.2 Å². The molecule has 4 heteroatoms. The van der Waals surface area contributed by atoms with Crippen molar-refractivity contribution in [2.24, 2.45) is 5.92 Å². The lowest BCUT2D eigenvalue weighted by Gasteiger charge is -2.01. The molecule has 0 aromatic heterocycles. The highest BCUT2D eigenvalue weighted by Gasteiger charge is 2.31. The second-order valence-electron chi connectivity index (χ2n) is 2.56. The quantitative estimate of drug-likeness (QED) is 0.679. The number of hydrogen-bond donors (Lipinski definition) is 1. The van der Waals surface area contributed by atoms with Crippen molar-refractivity contribution in [1.82, 2.24) is 0 Å². The van der Waals surface area contributed by atoms with Gasteiger partial charge < -0.3 is 5.11 Å². The summed E-state index contributed by atoms with van der Waals surface area (Å²) in [5.41, 5.74) is 0. The minimum atomic E-state index is -0.125. The summed E-state index contributed by atoms with van der Waals surface area (Å²) in [5.74, 6) is -0.125. The van der Waals surface area contributed by atoms with Crippen LogP contribution in [0, 0.1) is 5.92 Å². The van der Waals surface area contributed by atoms with E-state index in [0.29, 0.717) is 19.3 Å². The number of aliphatic hydroxyl groups is 1. The minimum absolute atomic E-state index is 0.0246. The van der Waals surface area contributed by atoms with Crippen LogP contribution in [-0.2, 0) is 9.59 Å². The smallest absolute Gasteiger partial charge is 0.199 e. The van der Waals surface area contributed by atoms with Crippen LogP contribution < -0.4 is 0 Å². The molecule has 0 bridgehead atoms. The summed E-state index contributed by atoms with van der Waals surface area (Å²) in [6, 6.07) is 0. The molecule has 0 aliphatic carbocycles. The highest BCUT2D eigenvalue weighted by atomic mass is 32.2. The molecule has 1 aliphatic rings. The molecular formula is C7H10O3S. The fraction of sp³-hybridized carbons (Fsp3) is 0.714. The third-order valence-corrected chi connectivity index (χ3v) is 2.60. The summed E-state index contributed by atoms with van der Waals surface area (Å²) in [7, 11) is 0. The van der Waals surface area contributed by atoms with Crippen molar-refractivity contribution < 1.29 is 14.7 Å². The second-order valence-corrected chi connectivity index (χ2v) is 3.62. The molecule has 3 nitrogen and oxygen atoms in total. The van der Waals surface area contributed by atoms with E-state index in [1.165, 1.54) is 0 Å². The van der Waals surface area contributed by atoms with E-state index in [-0.39, 0.29) is 22.8 Å². The third kappa shape index (κ3) is 2.31. The first kappa shape index (κ1) is 8.74. The van der Waals surface area contributed by atoms with Crippen molar-refractivity contribution in [2.75, 3.05) is 6.61 Å². The van der Waals surface area contributed by atoms with Gasteiger partial charge in [-0.2, -0.15) is 0 Å². The molecule has 1 rings (SSSR count). The molecule has 11 heavy (non-hydrogen) atoms. The topological polar surface area (TPSA) is 54.4 Å². The van der Waals surface area contributed by atoms with E-state index in [0.717, 1.165) is 11.8 Å². The van der Waals surface area contributed by atoms with Gasteiger partial charge in [0, 0.05) is 18.9 Å². The van der Waals surface area contributed by atoms with Gasteiger partial charge in [0.05, 0.1) is 0 Å². The van der Waals surface area contributed by atoms with E-state index < -0.39 is 0 Å². The number of aliphatic hydroxyl groups excluding tert-OH is 1. The third-order valence-electron chi connectivity index (χ3n) is 1.67. The lowest BCUT2D eigenvalue weighted by Crippen LogP contribution is -2.04. The van der Waals surface area contributed by atoms with Gasteiger partial charge in [0.25, 0.3) is 0 Å². The lowest BCUT2D eigenvalue weighted by atomic mass is 10.0. The Morgan fingerprint density at radius 1 is 1.55 bits per heavy atom. The highest BCUT2D eigenvalue weighted by molar-refractivity contribution is 8.26. The molecule has 0 saturated carbocycles. The molecule has 1 heterocycles. The zero-order valence-electron chi connectivity index (χ0n) is 6.08. The average Bonchev–Trinajstić information content (AvgIpc) is 2.26. The molecule has 1 N–H and O–H groups in total. The maximum absolute atomic E-state index is 11.0. The summed E-state index contributed by atoms with van der Waals surface area (Å²) in [6.07, 6.45) is 1.63. The summed E-state index contributed by atoms with van der Waals surface area (Å²) < 4.78 is 0. The minimum Gasteiger partial charge on any atom is -0.396 e. The van der Waals surface area contributed by atoms with Gasteiger partial charge in [-0.25, -0.2) is 0 Å². The normalized spacial score (nSPS) is 24.6. The molecular weight excluding hydrogens is 164 g/mol. The summed E-state index contributed by atoms with van der Waals surface area (Å²) in [5, 5.41) is 8.42. The monoisotopic (exact) mass is 174 g/mol. The van der Waals surface area contributed by atoms with Crippen molar-refractivity contribution in [3.05, 3.63) is 0 Å². The molecule has 0 radical (unpaired) electrons. The van der Waals surface area contributed by atoms with Crippen LogP contribution in [0.3, 0.4) is 0 Å².